The largest absolute Gasteiger partial charge is 0.478 e. The van der Waals surface area contributed by atoms with Crippen LogP contribution >= 0.6 is 31.9 Å². The van der Waals surface area contributed by atoms with E-state index in [1.165, 1.54) is 0 Å². The molecule has 0 saturated heterocycles. The van der Waals surface area contributed by atoms with Gasteiger partial charge in [-0.15, -0.1) is 0 Å². The molecule has 0 radical (unpaired) electrons. The van der Waals surface area contributed by atoms with Gasteiger partial charge in [0.1, 0.15) is 0 Å². The lowest BCUT2D eigenvalue weighted by molar-refractivity contribution is -0.114. The zero-order valence-corrected chi connectivity index (χ0v) is 20.3. The number of carboxylic acids is 1. The lowest BCUT2D eigenvalue weighted by Gasteiger charge is -2.18. The molecule has 0 atom stereocenters. The van der Waals surface area contributed by atoms with Crippen LogP contribution in [0.3, 0.4) is 0 Å². The number of carbonyl (C=O) groups is 3. The Kier molecular flexibility index (Phi) is 5.96. The highest BCUT2D eigenvalue weighted by Crippen LogP contribution is 2.42. The van der Waals surface area contributed by atoms with Crippen LogP contribution in [-0.2, 0) is 4.79 Å². The fraction of sp³-hybridized carbons (Fsp3) is 0.348. The van der Waals surface area contributed by atoms with Crippen LogP contribution in [0, 0.1) is 13.8 Å². The van der Waals surface area contributed by atoms with Crippen molar-refractivity contribution in [3.05, 3.63) is 55.5 Å². The minimum atomic E-state index is -0.881. The summed E-state index contributed by atoms with van der Waals surface area (Å²) in [4.78, 5) is 36.4. The van der Waals surface area contributed by atoms with Crippen molar-refractivity contribution in [2.75, 3.05) is 10.2 Å². The maximum atomic E-state index is 11.9. The Morgan fingerprint density at radius 1 is 1.00 bits per heavy atom. The van der Waals surface area contributed by atoms with E-state index in [0.29, 0.717) is 17.2 Å². The molecule has 2 N–H and O–H groups in total. The van der Waals surface area contributed by atoms with E-state index in [-0.39, 0.29) is 17.7 Å². The molecule has 0 spiro atoms. The highest BCUT2D eigenvalue weighted by molar-refractivity contribution is 9.10. The predicted molar refractivity (Wildman–Crippen MR) is 126 cm³/mol. The Morgan fingerprint density at radius 3 is 2.19 bits per heavy atom. The summed E-state index contributed by atoms with van der Waals surface area (Å²) in [7, 11) is 0. The lowest BCUT2D eigenvalue weighted by Crippen LogP contribution is -2.32. The van der Waals surface area contributed by atoms with Crippen LogP contribution < -0.4 is 10.2 Å². The van der Waals surface area contributed by atoms with Gasteiger partial charge in [0.15, 0.2) is 0 Å². The van der Waals surface area contributed by atoms with Crippen molar-refractivity contribution in [2.24, 2.45) is 0 Å². The molecule has 2 fully saturated rings. The van der Waals surface area contributed by atoms with E-state index < -0.39 is 5.97 Å². The molecule has 3 aliphatic rings. The number of hydrogen-bond acceptors (Lipinski definition) is 4. The zero-order valence-electron chi connectivity index (χ0n) is 17.2. The van der Waals surface area contributed by atoms with Crippen LogP contribution in [0.1, 0.15) is 57.5 Å². The molecule has 2 saturated carbocycles. The number of amides is 1. The van der Waals surface area contributed by atoms with Gasteiger partial charge in [0, 0.05) is 21.0 Å². The molecule has 8 heteroatoms. The topological polar surface area (TPSA) is 86.7 Å². The number of carbonyl (C=O) groups excluding carboxylic acids is 2. The smallest absolute Gasteiger partial charge is 0.337 e. The molecular weight excluding hydrogens is 528 g/mol. The number of nitrogens with zero attached hydrogens (tertiary/aromatic N) is 1. The van der Waals surface area contributed by atoms with E-state index in [1.54, 1.807) is 23.1 Å². The first kappa shape index (κ1) is 22.0. The van der Waals surface area contributed by atoms with Gasteiger partial charge in [0.05, 0.1) is 22.5 Å². The summed E-state index contributed by atoms with van der Waals surface area (Å²) < 4.78 is 1.88. The second-order valence-electron chi connectivity index (χ2n) is 8.12. The number of halogens is 2. The molecule has 1 aliphatic heterocycles. The number of carboxylic acid groups (broad SMARTS) is 1. The van der Waals surface area contributed by atoms with E-state index in [0.717, 1.165) is 57.1 Å². The number of ketones is 1. The molecule has 1 amide bonds. The Bertz CT molecular complexity index is 1110. The third kappa shape index (κ3) is 4.28. The van der Waals surface area contributed by atoms with Gasteiger partial charge < -0.3 is 15.3 Å². The highest BCUT2D eigenvalue weighted by Gasteiger charge is 2.44. The number of fused-ring (bicyclic) bond motifs is 1. The fourth-order valence-electron chi connectivity index (χ4n) is 3.66. The van der Waals surface area contributed by atoms with Gasteiger partial charge in [-0.3, -0.25) is 9.59 Å². The molecule has 2 aliphatic carbocycles. The molecule has 0 aromatic heterocycles. The summed E-state index contributed by atoms with van der Waals surface area (Å²) in [6, 6.07) is 7.66. The molecular formula is C23H22Br2N2O4. The summed E-state index contributed by atoms with van der Waals surface area (Å²) in [5.74, 6) is -1.61. The third-order valence-electron chi connectivity index (χ3n) is 5.73. The summed E-state index contributed by atoms with van der Waals surface area (Å²) in [5, 5.41) is 12.3. The van der Waals surface area contributed by atoms with Gasteiger partial charge in [-0.25, -0.2) is 4.79 Å². The van der Waals surface area contributed by atoms with Crippen molar-refractivity contribution >= 4 is 60.9 Å². The number of rotatable bonds is 4. The quantitative estimate of drug-likeness (QED) is 0.493. The van der Waals surface area contributed by atoms with Crippen LogP contribution in [0.2, 0.25) is 0 Å². The molecule has 2 aromatic carbocycles. The molecule has 1 heterocycles. The number of aromatic carboxylic acids is 1. The van der Waals surface area contributed by atoms with Gasteiger partial charge >= 0.3 is 5.97 Å². The van der Waals surface area contributed by atoms with Crippen LogP contribution in [0.25, 0.3) is 0 Å². The second-order valence-corrected chi connectivity index (χ2v) is 9.83. The standard InChI is InChI=1S/C12H10BrNO2.C11H12BrNO2/c1-6-9(13)5-4-8-10(6)14(7-2-3-7)12(16)11(8)15;1-6-9(12)5-4-8(11(14)15)10(6)13-7-2-3-7/h4-5,7H,2-3H2,1H3;4-5,7,13H,2-3H2,1H3,(H,14,15). The number of benzene rings is 2. The number of Topliss-reactive ketones (excluding diaryl/α,β-unsaturated/α-hetero) is 1. The minimum Gasteiger partial charge on any atom is -0.478 e. The SMILES string of the molecule is Cc1c(Br)ccc(C(=O)O)c1NC1CC1.Cc1c(Br)ccc2c1N(C1CC1)C(=O)C2=O. The van der Waals surface area contributed by atoms with Gasteiger partial charge in [0.2, 0.25) is 0 Å². The average Bonchev–Trinajstić information content (AvgIpc) is 3.64. The Labute approximate surface area is 197 Å². The first-order valence-electron chi connectivity index (χ1n) is 10.2. The first-order valence-corrected chi connectivity index (χ1v) is 11.7. The number of hydrogen-bond donors (Lipinski definition) is 2. The summed E-state index contributed by atoms with van der Waals surface area (Å²) >= 11 is 6.84. The Morgan fingerprint density at radius 2 is 1.61 bits per heavy atom. The Hall–Kier alpha value is -2.19. The van der Waals surface area contributed by atoms with Gasteiger partial charge in [-0.1, -0.05) is 31.9 Å². The highest BCUT2D eigenvalue weighted by atomic mass is 79.9. The minimum absolute atomic E-state index is 0.241. The lowest BCUT2D eigenvalue weighted by atomic mass is 10.1. The maximum Gasteiger partial charge on any atom is 0.337 e. The van der Waals surface area contributed by atoms with Crippen molar-refractivity contribution in [1.82, 2.24) is 0 Å². The van der Waals surface area contributed by atoms with Crippen molar-refractivity contribution < 1.29 is 19.5 Å². The normalized spacial score (nSPS) is 17.2. The van der Waals surface area contributed by atoms with Crippen LogP contribution in [-0.4, -0.2) is 34.8 Å². The van der Waals surface area contributed by atoms with E-state index in [1.807, 2.05) is 19.9 Å². The van der Waals surface area contributed by atoms with Crippen LogP contribution in [0.5, 0.6) is 0 Å². The molecule has 0 bridgehead atoms. The summed E-state index contributed by atoms with van der Waals surface area (Å²) in [6.07, 6.45) is 4.27. The van der Waals surface area contributed by atoms with E-state index in [4.69, 9.17) is 5.11 Å². The molecule has 0 unspecified atom stereocenters. The third-order valence-corrected chi connectivity index (χ3v) is 7.45. The van der Waals surface area contributed by atoms with Crippen LogP contribution in [0.15, 0.2) is 33.2 Å². The zero-order chi connectivity index (χ0) is 22.4. The molecule has 162 valence electrons. The molecule has 6 nitrogen and oxygen atoms in total. The van der Waals surface area contributed by atoms with E-state index >= 15 is 0 Å². The molecule has 31 heavy (non-hydrogen) atoms. The second kappa shape index (κ2) is 8.39. The van der Waals surface area contributed by atoms with Crippen molar-refractivity contribution in [1.29, 1.82) is 0 Å². The molecule has 2 aromatic rings. The number of nitrogens with one attached hydrogen (secondary N) is 1. The fourth-order valence-corrected chi connectivity index (χ4v) is 4.31. The van der Waals surface area contributed by atoms with Crippen molar-refractivity contribution in [2.45, 2.75) is 51.6 Å². The predicted octanol–water partition coefficient (Wildman–Crippen LogP) is 5.48. The van der Waals surface area contributed by atoms with Crippen LogP contribution in [0.4, 0.5) is 11.4 Å². The van der Waals surface area contributed by atoms with Gasteiger partial charge in [-0.05, 0) is 74.9 Å². The van der Waals surface area contributed by atoms with E-state index in [9.17, 15) is 14.4 Å². The number of anilines is 2. The molecule has 5 rings (SSSR count). The van der Waals surface area contributed by atoms with Gasteiger partial charge in [-0.2, -0.15) is 0 Å². The van der Waals surface area contributed by atoms with Crippen molar-refractivity contribution in [3.8, 4) is 0 Å². The van der Waals surface area contributed by atoms with Gasteiger partial charge in [0.25, 0.3) is 11.7 Å². The van der Waals surface area contributed by atoms with E-state index in [2.05, 4.69) is 37.2 Å². The summed E-state index contributed by atoms with van der Waals surface area (Å²) in [5.41, 5.74) is 4.40. The first-order chi connectivity index (χ1) is 14.7. The monoisotopic (exact) mass is 548 g/mol. The average molecular weight is 550 g/mol. The summed E-state index contributed by atoms with van der Waals surface area (Å²) in [6.45, 7) is 3.85. The Balaban J connectivity index is 0.000000150. The maximum absolute atomic E-state index is 11.9. The van der Waals surface area contributed by atoms with Crippen molar-refractivity contribution in [3.63, 3.8) is 0 Å².